The van der Waals surface area contributed by atoms with Crippen molar-refractivity contribution in [2.75, 3.05) is 12.0 Å². The molecule has 0 aliphatic heterocycles. The number of benzene rings is 2. The van der Waals surface area contributed by atoms with Crippen molar-refractivity contribution >= 4 is 23.1 Å². The van der Waals surface area contributed by atoms with Crippen molar-refractivity contribution in [2.45, 2.75) is 25.9 Å². The summed E-state index contributed by atoms with van der Waals surface area (Å²) in [6, 6.07) is 8.42. The van der Waals surface area contributed by atoms with Crippen LogP contribution in [0.2, 0.25) is 0 Å². The molecule has 30 heavy (non-hydrogen) atoms. The quantitative estimate of drug-likeness (QED) is 0.271. The lowest BCUT2D eigenvalue weighted by molar-refractivity contribution is -0.384. The number of nitrogens with zero attached hydrogens (tertiary/aromatic N) is 1. The molecule has 0 saturated heterocycles. The number of ether oxygens (including phenoxy) is 1. The summed E-state index contributed by atoms with van der Waals surface area (Å²) in [5.41, 5.74) is 2.76. The fraction of sp³-hybridized carbons (Fsp3) is 0.263. The number of halogens is 3. The second kappa shape index (κ2) is 9.72. The number of hydrogen-bond donors (Lipinski definition) is 2. The van der Waals surface area contributed by atoms with Gasteiger partial charge in [-0.1, -0.05) is 0 Å². The average Bonchev–Trinajstić information content (AvgIpc) is 2.69. The van der Waals surface area contributed by atoms with Gasteiger partial charge in [0, 0.05) is 18.1 Å². The summed E-state index contributed by atoms with van der Waals surface area (Å²) in [4.78, 5) is 33.1. The van der Waals surface area contributed by atoms with Crippen LogP contribution in [0.3, 0.4) is 0 Å². The number of amides is 1. The maximum absolute atomic E-state index is 12.7. The number of hydrogen-bond acceptors (Lipinski definition) is 6. The highest BCUT2D eigenvalue weighted by Gasteiger charge is 2.33. The Morgan fingerprint density at radius 1 is 1.13 bits per heavy atom. The lowest BCUT2D eigenvalue weighted by atomic mass is 10.1. The van der Waals surface area contributed by atoms with Crippen LogP contribution >= 0.6 is 0 Å². The highest BCUT2D eigenvalue weighted by atomic mass is 19.4. The largest absolute Gasteiger partial charge is 0.494 e. The van der Waals surface area contributed by atoms with Gasteiger partial charge in [-0.3, -0.25) is 30.6 Å². The molecule has 0 aliphatic rings. The molecule has 0 radical (unpaired) electrons. The van der Waals surface area contributed by atoms with E-state index in [1.165, 1.54) is 6.92 Å². The van der Waals surface area contributed by atoms with Crippen LogP contribution in [0, 0.1) is 10.1 Å². The Balaban J connectivity index is 1.81. The molecule has 0 aromatic heterocycles. The van der Waals surface area contributed by atoms with Crippen molar-refractivity contribution in [1.29, 1.82) is 0 Å². The number of nitro benzene ring substituents is 1. The van der Waals surface area contributed by atoms with Crippen molar-refractivity contribution in [1.82, 2.24) is 5.43 Å². The van der Waals surface area contributed by atoms with Crippen molar-refractivity contribution in [3.05, 3.63) is 63.7 Å². The standard InChI is InChI=1S/C19H18F3N3O5/c1-12(26)13-4-7-15(8-5-13)30-10-2-3-18(27)24-23-16-9-6-14(19(20,21)22)11-17(16)25(28)29/h4-9,11,23H,2-3,10H2,1H3,(H,24,27). The highest BCUT2D eigenvalue weighted by molar-refractivity contribution is 5.94. The Hall–Kier alpha value is -3.63. The van der Waals surface area contributed by atoms with E-state index in [-0.39, 0.29) is 24.5 Å². The van der Waals surface area contributed by atoms with Gasteiger partial charge < -0.3 is 4.74 Å². The van der Waals surface area contributed by atoms with E-state index in [1.54, 1.807) is 24.3 Å². The zero-order valence-electron chi connectivity index (χ0n) is 15.8. The molecule has 8 nitrogen and oxygen atoms in total. The Labute approximate surface area is 169 Å². The van der Waals surface area contributed by atoms with Gasteiger partial charge in [0.25, 0.3) is 5.69 Å². The fourth-order valence-electron chi connectivity index (χ4n) is 2.37. The number of anilines is 1. The predicted octanol–water partition coefficient (Wildman–Crippen LogP) is 4.12. The van der Waals surface area contributed by atoms with E-state index >= 15 is 0 Å². The second-order valence-electron chi connectivity index (χ2n) is 6.19. The molecule has 11 heteroatoms. The number of nitro groups is 1. The Morgan fingerprint density at radius 3 is 2.37 bits per heavy atom. The minimum Gasteiger partial charge on any atom is -0.494 e. The van der Waals surface area contributed by atoms with E-state index in [0.717, 1.165) is 6.07 Å². The third-order valence-electron chi connectivity index (χ3n) is 3.94. The predicted molar refractivity (Wildman–Crippen MR) is 101 cm³/mol. The van der Waals surface area contributed by atoms with Gasteiger partial charge in [-0.05, 0) is 49.7 Å². The summed E-state index contributed by atoms with van der Waals surface area (Å²) in [7, 11) is 0. The summed E-state index contributed by atoms with van der Waals surface area (Å²) in [6.45, 7) is 1.65. The molecule has 2 aromatic carbocycles. The molecule has 0 unspecified atom stereocenters. The van der Waals surface area contributed by atoms with Gasteiger partial charge in [-0.2, -0.15) is 13.2 Å². The molecule has 0 fully saturated rings. The van der Waals surface area contributed by atoms with E-state index in [2.05, 4.69) is 10.9 Å². The van der Waals surface area contributed by atoms with Gasteiger partial charge in [-0.25, -0.2) is 0 Å². The maximum Gasteiger partial charge on any atom is 0.416 e. The van der Waals surface area contributed by atoms with Crippen LogP contribution in [0.15, 0.2) is 42.5 Å². The molecular weight excluding hydrogens is 407 g/mol. The topological polar surface area (TPSA) is 111 Å². The third kappa shape index (κ3) is 6.47. The van der Waals surface area contributed by atoms with Crippen LogP contribution in [0.4, 0.5) is 24.5 Å². The molecule has 2 rings (SSSR count). The molecule has 0 aliphatic carbocycles. The number of nitrogens with one attached hydrogen (secondary N) is 2. The number of ketones is 1. The Bertz CT molecular complexity index is 930. The first kappa shape index (κ1) is 22.7. The normalized spacial score (nSPS) is 10.9. The second-order valence-corrected chi connectivity index (χ2v) is 6.19. The monoisotopic (exact) mass is 425 g/mol. The van der Waals surface area contributed by atoms with Crippen LogP contribution in [-0.2, 0) is 11.0 Å². The highest BCUT2D eigenvalue weighted by Crippen LogP contribution is 2.34. The fourth-order valence-corrected chi connectivity index (χ4v) is 2.37. The number of alkyl halides is 3. The molecule has 0 spiro atoms. The molecule has 2 aromatic rings. The van der Waals surface area contributed by atoms with Gasteiger partial charge in [0.2, 0.25) is 5.91 Å². The maximum atomic E-state index is 12.7. The van der Waals surface area contributed by atoms with Crippen LogP contribution < -0.4 is 15.6 Å². The average molecular weight is 425 g/mol. The van der Waals surface area contributed by atoms with Crippen LogP contribution in [0.1, 0.15) is 35.7 Å². The smallest absolute Gasteiger partial charge is 0.416 e. The first-order valence-corrected chi connectivity index (χ1v) is 8.72. The SMILES string of the molecule is CC(=O)c1ccc(OCCCC(=O)NNc2ccc(C(F)(F)F)cc2[N+](=O)[O-])cc1. The van der Waals surface area contributed by atoms with Crippen molar-refractivity contribution in [3.8, 4) is 5.75 Å². The molecular formula is C19H18F3N3O5. The zero-order valence-corrected chi connectivity index (χ0v) is 15.8. The summed E-state index contributed by atoms with van der Waals surface area (Å²) >= 11 is 0. The number of carbonyl (C=O) groups is 2. The number of rotatable bonds is 9. The number of Topliss-reactive ketones (excluding diaryl/α,β-unsaturated/α-hetero) is 1. The molecule has 0 heterocycles. The summed E-state index contributed by atoms with van der Waals surface area (Å²) in [5, 5.41) is 11.0. The summed E-state index contributed by atoms with van der Waals surface area (Å²) in [6.07, 6.45) is -4.40. The Kier molecular flexibility index (Phi) is 7.34. The number of hydrazine groups is 1. The lowest BCUT2D eigenvalue weighted by Gasteiger charge is -2.11. The van der Waals surface area contributed by atoms with Gasteiger partial charge in [0.15, 0.2) is 5.78 Å². The molecule has 0 bridgehead atoms. The molecule has 0 atom stereocenters. The van der Waals surface area contributed by atoms with Crippen molar-refractivity contribution in [2.24, 2.45) is 0 Å². The van der Waals surface area contributed by atoms with Gasteiger partial charge in [-0.15, -0.1) is 0 Å². The third-order valence-corrected chi connectivity index (χ3v) is 3.94. The van der Waals surface area contributed by atoms with E-state index < -0.39 is 28.3 Å². The van der Waals surface area contributed by atoms with E-state index in [4.69, 9.17) is 4.74 Å². The molecule has 1 amide bonds. The van der Waals surface area contributed by atoms with Crippen LogP contribution in [0.5, 0.6) is 5.75 Å². The van der Waals surface area contributed by atoms with E-state index in [0.29, 0.717) is 29.9 Å². The summed E-state index contributed by atoms with van der Waals surface area (Å²) < 4.78 is 43.5. The van der Waals surface area contributed by atoms with E-state index in [1.807, 2.05) is 0 Å². The number of carbonyl (C=O) groups excluding carboxylic acids is 2. The van der Waals surface area contributed by atoms with Crippen molar-refractivity contribution in [3.63, 3.8) is 0 Å². The minimum absolute atomic E-state index is 0.00691. The first-order chi connectivity index (χ1) is 14.1. The van der Waals surface area contributed by atoms with Gasteiger partial charge in [0.1, 0.15) is 11.4 Å². The van der Waals surface area contributed by atoms with Crippen LogP contribution in [0.25, 0.3) is 0 Å². The lowest BCUT2D eigenvalue weighted by Crippen LogP contribution is -2.29. The minimum atomic E-state index is -4.72. The first-order valence-electron chi connectivity index (χ1n) is 8.72. The Morgan fingerprint density at radius 2 is 1.80 bits per heavy atom. The molecule has 160 valence electrons. The van der Waals surface area contributed by atoms with Crippen LogP contribution in [-0.4, -0.2) is 23.2 Å². The molecule has 0 saturated carbocycles. The zero-order chi connectivity index (χ0) is 22.3. The summed E-state index contributed by atoms with van der Waals surface area (Å²) in [5.74, 6) is -0.0716. The van der Waals surface area contributed by atoms with Gasteiger partial charge in [0.05, 0.1) is 17.1 Å². The van der Waals surface area contributed by atoms with Gasteiger partial charge >= 0.3 is 6.18 Å². The molecule has 2 N–H and O–H groups in total. The van der Waals surface area contributed by atoms with Crippen molar-refractivity contribution < 1.29 is 32.4 Å². The van der Waals surface area contributed by atoms with E-state index in [9.17, 15) is 32.9 Å².